The number of carbonyl (C=O) groups is 1. The second-order valence-electron chi connectivity index (χ2n) is 8.11. The molecule has 5 rings (SSSR count). The summed E-state index contributed by atoms with van der Waals surface area (Å²) in [5.74, 6) is -0.0214. The van der Waals surface area contributed by atoms with Gasteiger partial charge < -0.3 is 20.4 Å². The van der Waals surface area contributed by atoms with Gasteiger partial charge in [0.25, 0.3) is 5.91 Å². The maximum absolute atomic E-state index is 13.0. The molecule has 7 nitrogen and oxygen atoms in total. The lowest BCUT2D eigenvalue weighted by Gasteiger charge is -2.23. The quantitative estimate of drug-likeness (QED) is 0.371. The summed E-state index contributed by atoms with van der Waals surface area (Å²) in [4.78, 5) is 17.9. The molecule has 0 spiro atoms. The fourth-order valence-corrected chi connectivity index (χ4v) is 4.33. The Labute approximate surface area is 200 Å². The van der Waals surface area contributed by atoms with Gasteiger partial charge in [-0.2, -0.15) is 5.10 Å². The van der Waals surface area contributed by atoms with Gasteiger partial charge in [0.15, 0.2) is 6.23 Å². The van der Waals surface area contributed by atoms with Crippen LogP contribution in [0.5, 0.6) is 0 Å². The monoisotopic (exact) mass is 505 g/mol. The van der Waals surface area contributed by atoms with Gasteiger partial charge in [0, 0.05) is 46.4 Å². The summed E-state index contributed by atoms with van der Waals surface area (Å²) in [5.41, 5.74) is 11.1. The van der Waals surface area contributed by atoms with Crippen LogP contribution in [0, 0.1) is 0 Å². The third-order valence-corrected chi connectivity index (χ3v) is 6.37. The van der Waals surface area contributed by atoms with E-state index in [0.717, 1.165) is 38.2 Å². The first-order valence-electron chi connectivity index (χ1n) is 10.8. The van der Waals surface area contributed by atoms with Crippen LogP contribution in [-0.2, 0) is 16.0 Å². The normalized spacial score (nSPS) is 18.2. The lowest BCUT2D eigenvalue weighted by Crippen LogP contribution is -2.32. The molecule has 1 aliphatic rings. The number of halogens is 1. The number of nitrogen functional groups attached to an aromatic ring is 1. The highest BCUT2D eigenvalue weighted by Gasteiger charge is 2.40. The zero-order valence-corrected chi connectivity index (χ0v) is 19.7. The van der Waals surface area contributed by atoms with E-state index in [1.807, 2.05) is 77.9 Å². The van der Waals surface area contributed by atoms with E-state index in [1.165, 1.54) is 0 Å². The summed E-state index contributed by atoms with van der Waals surface area (Å²) in [7, 11) is 0. The lowest BCUT2D eigenvalue weighted by atomic mass is 10.1. The van der Waals surface area contributed by atoms with Gasteiger partial charge in [-0.15, -0.1) is 0 Å². The molecule has 33 heavy (non-hydrogen) atoms. The topological polar surface area (TPSA) is 89.2 Å². The number of aromatic amines is 1. The van der Waals surface area contributed by atoms with Gasteiger partial charge in [-0.3, -0.25) is 4.79 Å². The first kappa shape index (κ1) is 21.5. The van der Waals surface area contributed by atoms with Crippen molar-refractivity contribution in [1.29, 1.82) is 0 Å². The third-order valence-electron chi connectivity index (χ3n) is 5.84. The molecule has 2 aromatic heterocycles. The number of H-pyrrole nitrogens is 1. The van der Waals surface area contributed by atoms with Crippen molar-refractivity contribution in [3.63, 3.8) is 0 Å². The Balaban J connectivity index is 1.50. The minimum absolute atomic E-state index is 0.0214. The van der Waals surface area contributed by atoms with Crippen molar-refractivity contribution in [2.75, 3.05) is 12.3 Å². The predicted molar refractivity (Wildman–Crippen MR) is 131 cm³/mol. The van der Waals surface area contributed by atoms with Crippen LogP contribution in [0.25, 0.3) is 16.9 Å². The summed E-state index contributed by atoms with van der Waals surface area (Å²) < 4.78 is 9.00. The van der Waals surface area contributed by atoms with Crippen LogP contribution in [0.1, 0.15) is 24.3 Å². The van der Waals surface area contributed by atoms with E-state index in [0.29, 0.717) is 13.0 Å². The van der Waals surface area contributed by atoms with Gasteiger partial charge in [-0.05, 0) is 61.4 Å². The molecule has 3 N–H and O–H groups in total. The zero-order valence-electron chi connectivity index (χ0n) is 18.1. The highest BCUT2D eigenvalue weighted by Crippen LogP contribution is 2.37. The maximum Gasteiger partial charge on any atom is 0.253 e. The Bertz CT molecular complexity index is 1250. The minimum Gasteiger partial charge on any atom is -0.399 e. The Morgan fingerprint density at radius 1 is 1.12 bits per heavy atom. The molecule has 1 aliphatic heterocycles. The molecule has 1 fully saturated rings. The van der Waals surface area contributed by atoms with Gasteiger partial charge in [0.05, 0.1) is 5.69 Å². The number of carbonyl (C=O) groups excluding carboxylic acids is 1. The SMILES string of the molecule is CC1OC(c2cn(-c3ccc(Br)cc3)nc2-c2cc[nH]c2)N(CCc2ccc(N)cc2)C1=O. The second-order valence-corrected chi connectivity index (χ2v) is 9.02. The number of nitrogens with one attached hydrogen (secondary N) is 1. The Kier molecular flexibility index (Phi) is 5.78. The number of nitrogens with zero attached hydrogens (tertiary/aromatic N) is 3. The molecule has 0 radical (unpaired) electrons. The number of amides is 1. The molecule has 1 saturated heterocycles. The van der Waals surface area contributed by atoms with Crippen molar-refractivity contribution in [3.8, 4) is 16.9 Å². The van der Waals surface area contributed by atoms with Crippen LogP contribution >= 0.6 is 15.9 Å². The van der Waals surface area contributed by atoms with Crippen molar-refractivity contribution in [1.82, 2.24) is 19.7 Å². The smallest absolute Gasteiger partial charge is 0.253 e. The van der Waals surface area contributed by atoms with Crippen LogP contribution in [0.3, 0.4) is 0 Å². The molecule has 8 heteroatoms. The number of aromatic nitrogens is 3. The number of hydrogen-bond acceptors (Lipinski definition) is 4. The van der Waals surface area contributed by atoms with E-state index in [2.05, 4.69) is 20.9 Å². The highest BCUT2D eigenvalue weighted by atomic mass is 79.9. The Morgan fingerprint density at radius 2 is 1.88 bits per heavy atom. The summed E-state index contributed by atoms with van der Waals surface area (Å²) in [6.45, 7) is 2.33. The van der Waals surface area contributed by atoms with E-state index in [1.54, 1.807) is 11.8 Å². The van der Waals surface area contributed by atoms with Gasteiger partial charge in [0.1, 0.15) is 11.8 Å². The third kappa shape index (κ3) is 4.31. The Hall–Kier alpha value is -3.36. The number of rotatable bonds is 6. The minimum atomic E-state index is -0.518. The lowest BCUT2D eigenvalue weighted by molar-refractivity contribution is -0.130. The van der Waals surface area contributed by atoms with Crippen LogP contribution in [0.15, 0.2) is 77.7 Å². The van der Waals surface area contributed by atoms with E-state index in [-0.39, 0.29) is 5.91 Å². The van der Waals surface area contributed by atoms with Crippen LogP contribution in [0.2, 0.25) is 0 Å². The van der Waals surface area contributed by atoms with Crippen molar-refractivity contribution >= 4 is 27.5 Å². The van der Waals surface area contributed by atoms with Gasteiger partial charge >= 0.3 is 0 Å². The van der Waals surface area contributed by atoms with E-state index in [9.17, 15) is 4.79 Å². The van der Waals surface area contributed by atoms with Crippen LogP contribution in [0.4, 0.5) is 5.69 Å². The summed E-state index contributed by atoms with van der Waals surface area (Å²) in [5, 5.41) is 4.86. The van der Waals surface area contributed by atoms with Crippen LogP contribution < -0.4 is 5.73 Å². The molecule has 168 valence electrons. The van der Waals surface area contributed by atoms with Crippen molar-refractivity contribution in [2.45, 2.75) is 25.7 Å². The average Bonchev–Trinajstić information content (AvgIpc) is 3.54. The standard InChI is InChI=1S/C25H24BrN5O2/c1-16-24(32)30(13-11-17-2-6-20(27)7-3-17)25(33-16)22-15-31(21-8-4-19(26)5-9-21)29-23(22)18-10-12-28-14-18/h2-10,12,14-16,25,28H,11,13,27H2,1H3. The summed E-state index contributed by atoms with van der Waals surface area (Å²) >= 11 is 3.48. The molecular weight excluding hydrogens is 482 g/mol. The molecule has 4 aromatic rings. The maximum atomic E-state index is 13.0. The number of nitrogens with two attached hydrogens (primary N) is 1. The van der Waals surface area contributed by atoms with Crippen molar-refractivity contribution in [2.24, 2.45) is 0 Å². The Morgan fingerprint density at radius 3 is 2.58 bits per heavy atom. The first-order chi connectivity index (χ1) is 16.0. The summed E-state index contributed by atoms with van der Waals surface area (Å²) in [6.07, 6.45) is 5.39. The van der Waals surface area contributed by atoms with E-state index >= 15 is 0 Å². The fourth-order valence-electron chi connectivity index (χ4n) is 4.07. The molecule has 0 bridgehead atoms. The largest absolute Gasteiger partial charge is 0.399 e. The number of benzene rings is 2. The molecule has 2 unspecified atom stereocenters. The molecule has 2 aromatic carbocycles. The van der Waals surface area contributed by atoms with E-state index in [4.69, 9.17) is 15.6 Å². The fraction of sp³-hybridized carbons (Fsp3) is 0.200. The predicted octanol–water partition coefficient (Wildman–Crippen LogP) is 4.70. The van der Waals surface area contributed by atoms with Gasteiger partial charge in [-0.25, -0.2) is 4.68 Å². The number of anilines is 1. The van der Waals surface area contributed by atoms with Crippen LogP contribution in [-0.4, -0.2) is 38.2 Å². The van der Waals surface area contributed by atoms with E-state index < -0.39 is 12.3 Å². The first-order valence-corrected chi connectivity index (χ1v) is 11.6. The molecule has 2 atom stereocenters. The number of hydrogen-bond donors (Lipinski definition) is 2. The second kappa shape index (κ2) is 8.88. The average molecular weight is 506 g/mol. The highest BCUT2D eigenvalue weighted by molar-refractivity contribution is 9.10. The molecule has 0 aliphatic carbocycles. The number of ether oxygens (including phenoxy) is 1. The zero-order chi connectivity index (χ0) is 22.9. The summed E-state index contributed by atoms with van der Waals surface area (Å²) in [6, 6.07) is 17.6. The molecular formula is C25H24BrN5O2. The van der Waals surface area contributed by atoms with Crippen molar-refractivity contribution in [3.05, 3.63) is 88.8 Å². The molecule has 0 saturated carbocycles. The van der Waals surface area contributed by atoms with Gasteiger partial charge in [-0.1, -0.05) is 28.1 Å². The molecule has 3 heterocycles. The van der Waals surface area contributed by atoms with Crippen molar-refractivity contribution < 1.29 is 9.53 Å². The molecule has 1 amide bonds. The van der Waals surface area contributed by atoms with Gasteiger partial charge in [0.2, 0.25) is 0 Å².